The lowest BCUT2D eigenvalue weighted by Crippen LogP contribution is -2.30. The Morgan fingerprint density at radius 2 is 0.672 bits per heavy atom. The van der Waals surface area contributed by atoms with Crippen LogP contribution in [0.1, 0.15) is 201 Å². The third kappa shape index (κ3) is 47.0. The summed E-state index contributed by atoms with van der Waals surface area (Å²) in [7, 11) is 0. The molecule has 0 radical (unpaired) electrons. The Labute approximate surface area is 374 Å². The standard InChI is InChI=1S/C55H88O6/c1-4-7-10-13-16-19-22-25-27-29-30-33-36-39-42-45-48-54(57)60-51-52(50-59-53(56)47-44-41-38-35-32-24-21-18-15-12-9-6-3)61-55(58)49-46-43-40-37-34-31-28-26-23-20-17-14-11-8-5-2/h7-12,14,16-21,23,25,27,30,33,52H,4-6,13,15,22,24,26,28-29,31-32,34-51H2,1-3H3/b10-7-,11-8-,12-9-,17-14-,19-16-,21-18-,23-20-,27-25-,33-30-. The van der Waals surface area contributed by atoms with Gasteiger partial charge >= 0.3 is 17.9 Å². The molecule has 0 aliphatic heterocycles. The Kier molecular flexibility index (Phi) is 45.6. The van der Waals surface area contributed by atoms with Gasteiger partial charge in [-0.1, -0.05) is 188 Å². The highest BCUT2D eigenvalue weighted by Gasteiger charge is 2.19. The van der Waals surface area contributed by atoms with Gasteiger partial charge < -0.3 is 14.2 Å². The number of hydrogen-bond donors (Lipinski definition) is 0. The summed E-state index contributed by atoms with van der Waals surface area (Å²) in [5, 5.41) is 0. The quantitative estimate of drug-likeness (QED) is 0.0200. The molecule has 0 rings (SSSR count). The zero-order chi connectivity index (χ0) is 44.4. The number of ether oxygens (including phenoxy) is 3. The molecule has 0 amide bonds. The van der Waals surface area contributed by atoms with Gasteiger partial charge in [0.2, 0.25) is 0 Å². The van der Waals surface area contributed by atoms with Crippen LogP contribution in [0.4, 0.5) is 0 Å². The number of hydrogen-bond acceptors (Lipinski definition) is 6. The predicted octanol–water partition coefficient (Wildman–Crippen LogP) is 16.0. The first kappa shape index (κ1) is 57.1. The molecule has 0 heterocycles. The Bertz CT molecular complexity index is 1290. The molecule has 0 aliphatic carbocycles. The molecule has 6 heteroatoms. The van der Waals surface area contributed by atoms with Crippen molar-refractivity contribution in [3.8, 4) is 0 Å². The molecule has 0 bridgehead atoms. The van der Waals surface area contributed by atoms with E-state index in [1.807, 2.05) is 0 Å². The van der Waals surface area contributed by atoms with Crippen molar-refractivity contribution in [3.05, 3.63) is 109 Å². The van der Waals surface area contributed by atoms with E-state index in [0.29, 0.717) is 19.3 Å². The van der Waals surface area contributed by atoms with Gasteiger partial charge in [0.05, 0.1) is 0 Å². The second-order valence-corrected chi connectivity index (χ2v) is 15.6. The van der Waals surface area contributed by atoms with Gasteiger partial charge in [0.15, 0.2) is 6.10 Å². The summed E-state index contributed by atoms with van der Waals surface area (Å²) in [6.45, 7) is 6.21. The maximum atomic E-state index is 12.8. The molecule has 0 aromatic carbocycles. The highest BCUT2D eigenvalue weighted by molar-refractivity contribution is 5.71. The molecule has 0 saturated heterocycles. The van der Waals surface area contributed by atoms with Crippen molar-refractivity contribution in [2.75, 3.05) is 13.2 Å². The number of allylic oxidation sites excluding steroid dienone is 18. The number of carbonyl (C=O) groups is 3. The summed E-state index contributed by atoms with van der Waals surface area (Å²) < 4.78 is 16.7. The molecule has 1 atom stereocenters. The molecule has 344 valence electrons. The van der Waals surface area contributed by atoms with Gasteiger partial charge in [0, 0.05) is 19.3 Å². The zero-order valence-corrected chi connectivity index (χ0v) is 39.1. The molecule has 0 aromatic rings. The van der Waals surface area contributed by atoms with E-state index < -0.39 is 6.10 Å². The molecule has 1 unspecified atom stereocenters. The van der Waals surface area contributed by atoms with Crippen molar-refractivity contribution in [1.29, 1.82) is 0 Å². The first-order valence-corrected chi connectivity index (χ1v) is 24.4. The summed E-state index contributed by atoms with van der Waals surface area (Å²) in [6.07, 6.45) is 65.0. The van der Waals surface area contributed by atoms with E-state index in [2.05, 4.69) is 130 Å². The zero-order valence-electron chi connectivity index (χ0n) is 39.1. The molecule has 0 spiro atoms. The minimum Gasteiger partial charge on any atom is -0.462 e. The van der Waals surface area contributed by atoms with Crippen molar-refractivity contribution < 1.29 is 28.6 Å². The molecule has 6 nitrogen and oxygen atoms in total. The number of unbranched alkanes of at least 4 members (excludes halogenated alkanes) is 15. The highest BCUT2D eigenvalue weighted by Crippen LogP contribution is 2.13. The molecule has 61 heavy (non-hydrogen) atoms. The normalized spacial score (nSPS) is 13.0. The minimum atomic E-state index is -0.804. The second kappa shape index (κ2) is 48.7. The summed E-state index contributed by atoms with van der Waals surface area (Å²) in [4.78, 5) is 37.9. The summed E-state index contributed by atoms with van der Waals surface area (Å²) in [5.41, 5.74) is 0. The monoisotopic (exact) mass is 845 g/mol. The lowest BCUT2D eigenvalue weighted by molar-refractivity contribution is -0.167. The Hall–Kier alpha value is -3.93. The topological polar surface area (TPSA) is 78.9 Å². The first-order valence-electron chi connectivity index (χ1n) is 24.4. The van der Waals surface area contributed by atoms with Gasteiger partial charge in [-0.3, -0.25) is 14.4 Å². The molecule has 0 aromatic heterocycles. The van der Waals surface area contributed by atoms with Gasteiger partial charge in [-0.15, -0.1) is 0 Å². The summed E-state index contributed by atoms with van der Waals surface area (Å²) in [5.74, 6) is -0.970. The van der Waals surface area contributed by atoms with Gasteiger partial charge in [-0.05, 0) is 103 Å². The van der Waals surface area contributed by atoms with Crippen LogP contribution < -0.4 is 0 Å². The number of esters is 3. The Balaban J connectivity index is 4.49. The van der Waals surface area contributed by atoms with Gasteiger partial charge in [0.25, 0.3) is 0 Å². The van der Waals surface area contributed by atoms with Crippen molar-refractivity contribution in [1.82, 2.24) is 0 Å². The second-order valence-electron chi connectivity index (χ2n) is 15.6. The van der Waals surface area contributed by atoms with Crippen LogP contribution in [0, 0.1) is 0 Å². The van der Waals surface area contributed by atoms with Crippen molar-refractivity contribution in [3.63, 3.8) is 0 Å². The number of carbonyl (C=O) groups excluding carboxylic acids is 3. The Morgan fingerprint density at radius 1 is 0.344 bits per heavy atom. The van der Waals surface area contributed by atoms with E-state index in [4.69, 9.17) is 14.2 Å². The smallest absolute Gasteiger partial charge is 0.306 e. The third-order valence-corrected chi connectivity index (χ3v) is 9.81. The fourth-order valence-electron chi connectivity index (χ4n) is 6.23. The molecule has 0 fully saturated rings. The van der Waals surface area contributed by atoms with Crippen LogP contribution in [0.25, 0.3) is 0 Å². The van der Waals surface area contributed by atoms with E-state index in [0.717, 1.165) is 141 Å². The average molecular weight is 845 g/mol. The number of rotatable bonds is 42. The maximum Gasteiger partial charge on any atom is 0.306 e. The molecular weight excluding hydrogens is 757 g/mol. The largest absolute Gasteiger partial charge is 0.462 e. The average Bonchev–Trinajstić information content (AvgIpc) is 3.26. The lowest BCUT2D eigenvalue weighted by Gasteiger charge is -2.18. The van der Waals surface area contributed by atoms with Crippen molar-refractivity contribution in [2.24, 2.45) is 0 Å². The van der Waals surface area contributed by atoms with E-state index in [1.54, 1.807) is 0 Å². The fourth-order valence-corrected chi connectivity index (χ4v) is 6.23. The van der Waals surface area contributed by atoms with E-state index in [9.17, 15) is 14.4 Å². The van der Waals surface area contributed by atoms with Crippen LogP contribution in [0.2, 0.25) is 0 Å². The van der Waals surface area contributed by atoms with Gasteiger partial charge in [0.1, 0.15) is 13.2 Å². The van der Waals surface area contributed by atoms with Crippen LogP contribution >= 0.6 is 0 Å². The SMILES string of the molecule is CC\C=C/C=C\C=C/CCCCCCCCCC(=O)OC(COC(=O)CCCCC/C=C\C/C=C\C/C=C\C/C=C\CC)COC(=O)CCCCCCC/C=C\C/C=C\CC. The van der Waals surface area contributed by atoms with E-state index >= 15 is 0 Å². The van der Waals surface area contributed by atoms with Crippen molar-refractivity contribution in [2.45, 2.75) is 207 Å². The van der Waals surface area contributed by atoms with Crippen LogP contribution in [0.3, 0.4) is 0 Å². The fraction of sp³-hybridized carbons (Fsp3) is 0.618. The predicted molar refractivity (Wildman–Crippen MR) is 260 cm³/mol. The van der Waals surface area contributed by atoms with Gasteiger partial charge in [-0.25, -0.2) is 0 Å². The summed E-state index contributed by atoms with van der Waals surface area (Å²) >= 11 is 0. The van der Waals surface area contributed by atoms with Crippen LogP contribution in [0.15, 0.2) is 109 Å². The van der Waals surface area contributed by atoms with Crippen LogP contribution in [-0.2, 0) is 28.6 Å². The van der Waals surface area contributed by atoms with E-state index in [-0.39, 0.29) is 31.1 Å². The molecule has 0 saturated carbocycles. The summed E-state index contributed by atoms with van der Waals surface area (Å²) in [6, 6.07) is 0. The Morgan fingerprint density at radius 3 is 1.11 bits per heavy atom. The van der Waals surface area contributed by atoms with Crippen molar-refractivity contribution >= 4 is 17.9 Å². The molecule has 0 aliphatic rings. The first-order chi connectivity index (χ1) is 30.0. The van der Waals surface area contributed by atoms with Crippen LogP contribution in [0.5, 0.6) is 0 Å². The molecular formula is C55H88O6. The third-order valence-electron chi connectivity index (χ3n) is 9.81. The lowest BCUT2D eigenvalue weighted by atomic mass is 10.1. The highest BCUT2D eigenvalue weighted by atomic mass is 16.6. The minimum absolute atomic E-state index is 0.103. The van der Waals surface area contributed by atoms with E-state index in [1.165, 1.54) is 19.3 Å². The maximum absolute atomic E-state index is 12.8. The van der Waals surface area contributed by atoms with Gasteiger partial charge in [-0.2, -0.15) is 0 Å². The molecule has 0 N–H and O–H groups in total. The van der Waals surface area contributed by atoms with Crippen LogP contribution in [-0.4, -0.2) is 37.2 Å².